The molecule has 236 valence electrons. The zero-order valence-electron chi connectivity index (χ0n) is 25.3. The summed E-state index contributed by atoms with van der Waals surface area (Å²) in [5, 5.41) is 3.01. The van der Waals surface area contributed by atoms with Crippen LogP contribution in [0, 0.1) is 6.92 Å². The summed E-state index contributed by atoms with van der Waals surface area (Å²) in [5.74, 6) is -0.785. The average Bonchev–Trinajstić information content (AvgIpc) is 3.02. The molecule has 45 heavy (non-hydrogen) atoms. The number of halogens is 2. The van der Waals surface area contributed by atoms with Gasteiger partial charge in [-0.05, 0) is 73.0 Å². The normalized spacial score (nSPS) is 11.9. The van der Waals surface area contributed by atoms with E-state index >= 15 is 0 Å². The maximum atomic E-state index is 14.5. The highest BCUT2D eigenvalue weighted by Gasteiger charge is 2.34. The Labute approximate surface area is 283 Å². The topological polar surface area (TPSA) is 86.8 Å². The Kier molecular flexibility index (Phi) is 12.4. The number of amides is 2. The second kappa shape index (κ2) is 16.2. The molecule has 0 radical (unpaired) electrons. The third kappa shape index (κ3) is 9.51. The fourth-order valence-corrected chi connectivity index (χ4v) is 6.99. The highest BCUT2D eigenvalue weighted by atomic mass is 79.9. The van der Waals surface area contributed by atoms with Crippen molar-refractivity contribution in [3.63, 3.8) is 0 Å². The van der Waals surface area contributed by atoms with Gasteiger partial charge in [0, 0.05) is 28.5 Å². The van der Waals surface area contributed by atoms with Gasteiger partial charge in [0.25, 0.3) is 10.0 Å². The molecule has 0 fully saturated rings. The third-order valence-corrected chi connectivity index (χ3v) is 10.2. The van der Waals surface area contributed by atoms with Gasteiger partial charge in [0.15, 0.2) is 0 Å². The predicted octanol–water partition coefficient (Wildman–Crippen LogP) is 7.27. The Morgan fingerprint density at radius 3 is 2.13 bits per heavy atom. The molecule has 7 nitrogen and oxygen atoms in total. The van der Waals surface area contributed by atoms with Crippen molar-refractivity contribution in [2.45, 2.75) is 50.6 Å². The molecule has 0 aliphatic carbocycles. The lowest BCUT2D eigenvalue weighted by molar-refractivity contribution is -0.140. The van der Waals surface area contributed by atoms with E-state index in [1.54, 1.807) is 48.5 Å². The number of rotatable bonds is 14. The van der Waals surface area contributed by atoms with Crippen molar-refractivity contribution in [1.29, 1.82) is 0 Å². The number of nitrogens with zero attached hydrogens (tertiary/aromatic N) is 2. The summed E-state index contributed by atoms with van der Waals surface area (Å²) in [6.07, 6.45) is 1.97. The molecule has 1 atom stereocenters. The summed E-state index contributed by atoms with van der Waals surface area (Å²) < 4.78 is 31.0. The first-order valence-electron chi connectivity index (χ1n) is 14.8. The number of hydrogen-bond donors (Lipinski definition) is 1. The molecule has 4 rings (SSSR count). The summed E-state index contributed by atoms with van der Waals surface area (Å²) in [4.78, 5) is 29.9. The monoisotopic (exact) mass is 753 g/mol. The SMILES string of the molecule is CCCCNC(=O)[C@@H](Cc1ccccc1)N(Cc1cccc(Br)c1)C(=O)CN(c1ccc(Br)cc1)S(=O)(=O)c1ccc(C)cc1. The van der Waals surface area contributed by atoms with Gasteiger partial charge < -0.3 is 10.2 Å². The smallest absolute Gasteiger partial charge is 0.264 e. The highest BCUT2D eigenvalue weighted by molar-refractivity contribution is 9.10. The van der Waals surface area contributed by atoms with Gasteiger partial charge in [-0.2, -0.15) is 0 Å². The van der Waals surface area contributed by atoms with Crippen LogP contribution < -0.4 is 9.62 Å². The number of sulfonamides is 1. The molecule has 0 saturated heterocycles. The molecule has 0 spiro atoms. The number of carbonyl (C=O) groups excluding carboxylic acids is 2. The second-order valence-corrected chi connectivity index (χ2v) is 14.5. The van der Waals surface area contributed by atoms with Crippen LogP contribution in [0.3, 0.4) is 0 Å². The molecule has 10 heteroatoms. The predicted molar refractivity (Wildman–Crippen MR) is 186 cm³/mol. The van der Waals surface area contributed by atoms with Crippen LogP contribution in [0.1, 0.15) is 36.5 Å². The quantitative estimate of drug-likeness (QED) is 0.137. The molecule has 0 aliphatic rings. The molecular formula is C35H37Br2N3O4S. The van der Waals surface area contributed by atoms with E-state index in [1.807, 2.05) is 68.4 Å². The minimum Gasteiger partial charge on any atom is -0.354 e. The van der Waals surface area contributed by atoms with Gasteiger partial charge in [0.1, 0.15) is 12.6 Å². The Balaban J connectivity index is 1.78. The lowest BCUT2D eigenvalue weighted by Gasteiger charge is -2.34. The van der Waals surface area contributed by atoms with E-state index in [4.69, 9.17) is 0 Å². The second-order valence-electron chi connectivity index (χ2n) is 10.8. The minimum atomic E-state index is -4.15. The first kappa shape index (κ1) is 34.4. The lowest BCUT2D eigenvalue weighted by atomic mass is 10.0. The Bertz CT molecular complexity index is 1680. The Morgan fingerprint density at radius 1 is 0.822 bits per heavy atom. The van der Waals surface area contributed by atoms with Crippen LogP contribution in [0.25, 0.3) is 0 Å². The molecule has 0 aliphatic heterocycles. The van der Waals surface area contributed by atoms with Crippen LogP contribution in [0.15, 0.2) is 117 Å². The summed E-state index contributed by atoms with van der Waals surface area (Å²) in [6.45, 7) is 4.01. The summed E-state index contributed by atoms with van der Waals surface area (Å²) in [6, 6.07) is 29.5. The molecule has 1 N–H and O–H groups in total. The number of hydrogen-bond acceptors (Lipinski definition) is 4. The van der Waals surface area contributed by atoms with E-state index in [0.29, 0.717) is 12.2 Å². The number of nitrogens with one attached hydrogen (secondary N) is 1. The largest absolute Gasteiger partial charge is 0.354 e. The molecule has 4 aromatic rings. The molecule has 0 saturated carbocycles. The number of unbranched alkanes of at least 4 members (excludes halogenated alkanes) is 1. The van der Waals surface area contributed by atoms with E-state index in [-0.39, 0.29) is 23.8 Å². The standard InChI is InChI=1S/C35H37Br2N3O4S/c1-3-4-21-38-35(42)33(23-27-9-6-5-7-10-27)39(24-28-11-8-12-30(37)22-28)34(41)25-40(31-17-15-29(36)16-18-31)45(43,44)32-19-13-26(2)14-20-32/h5-20,22,33H,3-4,21,23-25H2,1-2H3,(H,38,42)/t33-/m1/s1. The van der Waals surface area contributed by atoms with Gasteiger partial charge in [-0.1, -0.05) is 105 Å². The zero-order valence-corrected chi connectivity index (χ0v) is 29.3. The van der Waals surface area contributed by atoms with Crippen LogP contribution in [0.2, 0.25) is 0 Å². The van der Waals surface area contributed by atoms with E-state index in [9.17, 15) is 18.0 Å². The highest BCUT2D eigenvalue weighted by Crippen LogP contribution is 2.27. The first-order valence-corrected chi connectivity index (χ1v) is 17.8. The Hall–Kier alpha value is -3.47. The fraction of sp³-hybridized carbons (Fsp3) is 0.257. The minimum absolute atomic E-state index is 0.0699. The summed E-state index contributed by atoms with van der Waals surface area (Å²) in [5.41, 5.74) is 2.94. The number of aryl methyl sites for hydroxylation is 1. The van der Waals surface area contributed by atoms with Crippen LogP contribution in [0.4, 0.5) is 5.69 Å². The van der Waals surface area contributed by atoms with Crippen LogP contribution in [0.5, 0.6) is 0 Å². The van der Waals surface area contributed by atoms with E-state index < -0.39 is 28.5 Å². The van der Waals surface area contributed by atoms with Crippen LogP contribution in [-0.4, -0.2) is 44.3 Å². The summed E-state index contributed by atoms with van der Waals surface area (Å²) in [7, 11) is -4.15. The van der Waals surface area contributed by atoms with E-state index in [0.717, 1.165) is 42.8 Å². The maximum absolute atomic E-state index is 14.5. The van der Waals surface area contributed by atoms with Crippen molar-refractivity contribution in [3.8, 4) is 0 Å². The van der Waals surface area contributed by atoms with Crippen molar-refractivity contribution in [3.05, 3.63) is 129 Å². The van der Waals surface area contributed by atoms with Crippen molar-refractivity contribution in [1.82, 2.24) is 10.2 Å². The molecule has 0 aromatic heterocycles. The van der Waals surface area contributed by atoms with Gasteiger partial charge in [0.05, 0.1) is 10.6 Å². The van der Waals surface area contributed by atoms with Gasteiger partial charge in [-0.3, -0.25) is 13.9 Å². The molecule has 0 unspecified atom stereocenters. The zero-order chi connectivity index (χ0) is 32.4. The average molecular weight is 756 g/mol. The summed E-state index contributed by atoms with van der Waals surface area (Å²) >= 11 is 6.93. The van der Waals surface area contributed by atoms with Gasteiger partial charge >= 0.3 is 0 Å². The van der Waals surface area contributed by atoms with Crippen LogP contribution >= 0.6 is 31.9 Å². The fourth-order valence-electron chi connectivity index (χ4n) is 4.87. The first-order chi connectivity index (χ1) is 21.6. The van der Waals surface area contributed by atoms with E-state index in [2.05, 4.69) is 37.2 Å². The van der Waals surface area contributed by atoms with Crippen LogP contribution in [-0.2, 0) is 32.6 Å². The molecule has 0 heterocycles. The third-order valence-electron chi connectivity index (χ3n) is 7.35. The Morgan fingerprint density at radius 2 is 1.49 bits per heavy atom. The van der Waals surface area contributed by atoms with Gasteiger partial charge in [-0.15, -0.1) is 0 Å². The number of anilines is 1. The molecule has 2 amide bonds. The molecule has 0 bridgehead atoms. The lowest BCUT2D eigenvalue weighted by Crippen LogP contribution is -2.53. The maximum Gasteiger partial charge on any atom is 0.264 e. The number of benzene rings is 4. The molecular weight excluding hydrogens is 718 g/mol. The van der Waals surface area contributed by atoms with Gasteiger partial charge in [0.2, 0.25) is 11.8 Å². The van der Waals surface area contributed by atoms with Crippen molar-refractivity contribution < 1.29 is 18.0 Å². The van der Waals surface area contributed by atoms with Gasteiger partial charge in [-0.25, -0.2) is 8.42 Å². The van der Waals surface area contributed by atoms with Crippen molar-refractivity contribution in [2.75, 3.05) is 17.4 Å². The van der Waals surface area contributed by atoms with E-state index in [1.165, 1.54) is 4.90 Å². The van der Waals surface area contributed by atoms with Crippen molar-refractivity contribution in [2.24, 2.45) is 0 Å². The number of carbonyl (C=O) groups is 2. The molecule has 4 aromatic carbocycles. The van der Waals surface area contributed by atoms with Crippen molar-refractivity contribution >= 4 is 59.4 Å².